The Labute approximate surface area is 233 Å². The van der Waals surface area contributed by atoms with E-state index in [2.05, 4.69) is 0 Å². The van der Waals surface area contributed by atoms with Crippen molar-refractivity contribution < 1.29 is 68.4 Å². The van der Waals surface area contributed by atoms with Crippen molar-refractivity contribution in [3.63, 3.8) is 0 Å². The fourth-order valence-electron chi connectivity index (χ4n) is 2.82. The van der Waals surface area contributed by atoms with Crippen molar-refractivity contribution in [3.05, 3.63) is 0 Å². The van der Waals surface area contributed by atoms with Crippen LogP contribution in [0, 0.1) is 21.7 Å². The zero-order valence-corrected chi connectivity index (χ0v) is 25.1. The van der Waals surface area contributed by atoms with E-state index in [-0.39, 0.29) is 0 Å². The summed E-state index contributed by atoms with van der Waals surface area (Å²) in [6, 6.07) is 0. The van der Waals surface area contributed by atoms with E-state index in [9.17, 15) is 44.7 Å². The van der Waals surface area contributed by atoms with Crippen LogP contribution in [0.25, 0.3) is 0 Å². The van der Waals surface area contributed by atoms with Gasteiger partial charge in [-0.3, -0.25) is 19.2 Å². The molecule has 1 rings (SSSR count). The molecule has 1 saturated heterocycles. The van der Waals surface area contributed by atoms with Crippen LogP contribution in [-0.4, -0.2) is 85.5 Å². The molecule has 0 radical (unpaired) electrons. The van der Waals surface area contributed by atoms with Crippen LogP contribution in [0.15, 0.2) is 0 Å². The molecule has 1 aliphatic heterocycles. The monoisotopic (exact) mass is 580 g/mol. The molecule has 14 heteroatoms. The first-order valence-corrected chi connectivity index (χ1v) is 12.6. The first-order valence-electron chi connectivity index (χ1n) is 12.6. The summed E-state index contributed by atoms with van der Waals surface area (Å²) in [5.41, 5.74) is -5.57. The zero-order chi connectivity index (χ0) is 32.1. The second-order valence-corrected chi connectivity index (χ2v) is 13.9. The smallest absolute Gasteiger partial charge is 0.352 e. The van der Waals surface area contributed by atoms with Crippen LogP contribution >= 0.6 is 0 Å². The highest BCUT2D eigenvalue weighted by molar-refractivity contribution is 5.78. The van der Waals surface area contributed by atoms with E-state index in [1.54, 1.807) is 0 Å². The van der Waals surface area contributed by atoms with Gasteiger partial charge in [0, 0.05) is 0 Å². The van der Waals surface area contributed by atoms with Gasteiger partial charge in [-0.05, 0) is 83.1 Å². The minimum Gasteiger partial charge on any atom is -0.432 e. The van der Waals surface area contributed by atoms with Gasteiger partial charge in [0.25, 0.3) is 0 Å². The fourth-order valence-corrected chi connectivity index (χ4v) is 2.82. The number of carbonyl (C=O) groups excluding carboxylic acids is 4. The van der Waals surface area contributed by atoms with Crippen LogP contribution in [0.1, 0.15) is 83.1 Å². The van der Waals surface area contributed by atoms with Crippen molar-refractivity contribution in [3.8, 4) is 0 Å². The van der Waals surface area contributed by atoms with Crippen molar-refractivity contribution in [2.75, 3.05) is 0 Å². The number of aliphatic hydroxyl groups excluding tert-OH is 2. The third-order valence-electron chi connectivity index (χ3n) is 5.64. The molecule has 0 bridgehead atoms. The Morgan fingerprint density at radius 1 is 0.625 bits per heavy atom. The zero-order valence-electron chi connectivity index (χ0n) is 25.1. The van der Waals surface area contributed by atoms with Crippen LogP contribution < -0.4 is 0 Å². The van der Waals surface area contributed by atoms with Gasteiger partial charge >= 0.3 is 41.2 Å². The Morgan fingerprint density at radius 2 is 0.950 bits per heavy atom. The van der Waals surface area contributed by atoms with Gasteiger partial charge in [0.05, 0.1) is 21.7 Å². The Hall–Kier alpha value is -2.36. The summed E-state index contributed by atoms with van der Waals surface area (Å²) in [6.45, 7) is 16.2. The predicted octanol–water partition coefficient (Wildman–Crippen LogP) is 0.445. The lowest BCUT2D eigenvalue weighted by molar-refractivity contribution is -0.540. The molecule has 0 aliphatic carbocycles. The Balaban J connectivity index is 4.03. The topological polar surface area (TPSA) is 216 Å². The van der Waals surface area contributed by atoms with Crippen molar-refractivity contribution in [2.45, 2.75) is 119 Å². The van der Waals surface area contributed by atoms with Gasteiger partial charge in [-0.1, -0.05) is 0 Å². The maximum Gasteiger partial charge on any atom is 0.352 e. The number of hydrogen-bond acceptors (Lipinski definition) is 14. The number of ether oxygens (including phenoxy) is 5. The molecule has 0 aromatic carbocycles. The summed E-state index contributed by atoms with van der Waals surface area (Å²) in [5, 5.41) is 56.8. The molecule has 0 aromatic rings. The summed E-state index contributed by atoms with van der Waals surface area (Å²) >= 11 is 0. The average molecular weight is 581 g/mol. The number of hydrogen-bond donors (Lipinski definition) is 5. The SMILES string of the molecule is CC(C)(C)C(=O)OC(O)[C@H]1O[C@H](O)[C@@](O)(OC(=O)C(C)(C)C)[C@](O)(OC(=O)C(C)(C)C)[C@@]1(O)OC(=O)C(C)(C)C. The molecule has 0 amide bonds. The maximum atomic E-state index is 13.0. The lowest BCUT2D eigenvalue weighted by Gasteiger charge is -2.56. The van der Waals surface area contributed by atoms with Gasteiger partial charge in [0.2, 0.25) is 12.6 Å². The van der Waals surface area contributed by atoms with Crippen molar-refractivity contribution in [1.29, 1.82) is 0 Å². The van der Waals surface area contributed by atoms with E-state index in [0.29, 0.717) is 0 Å². The highest BCUT2D eigenvalue weighted by Crippen LogP contribution is 2.49. The van der Waals surface area contributed by atoms with Crippen LogP contribution in [-0.2, 0) is 42.9 Å². The molecule has 0 spiro atoms. The van der Waals surface area contributed by atoms with Crippen LogP contribution in [0.4, 0.5) is 0 Å². The lowest BCUT2D eigenvalue weighted by Crippen LogP contribution is -2.84. The van der Waals surface area contributed by atoms with Gasteiger partial charge in [0.15, 0.2) is 6.10 Å². The third-order valence-corrected chi connectivity index (χ3v) is 5.64. The van der Waals surface area contributed by atoms with Crippen molar-refractivity contribution in [2.24, 2.45) is 21.7 Å². The first kappa shape index (κ1) is 35.7. The Kier molecular flexibility index (Phi) is 9.63. The Bertz CT molecular complexity index is 995. The predicted molar refractivity (Wildman–Crippen MR) is 134 cm³/mol. The summed E-state index contributed by atoms with van der Waals surface area (Å²) < 4.78 is 25.2. The summed E-state index contributed by atoms with van der Waals surface area (Å²) in [6.07, 6.45) is -8.16. The normalized spacial score (nSPS) is 30.6. The van der Waals surface area contributed by atoms with E-state index in [1.807, 2.05) is 0 Å². The number of rotatable bonds is 5. The molecule has 40 heavy (non-hydrogen) atoms. The average Bonchev–Trinajstić information content (AvgIpc) is 2.72. The molecule has 232 valence electrons. The Morgan fingerprint density at radius 3 is 1.30 bits per heavy atom. The molecule has 0 saturated carbocycles. The van der Waals surface area contributed by atoms with Gasteiger partial charge in [-0.15, -0.1) is 0 Å². The van der Waals surface area contributed by atoms with Crippen molar-refractivity contribution >= 4 is 23.9 Å². The molecule has 1 fully saturated rings. The standard InChI is InChI=1S/C26H44O14/c1-20(2,3)15(28)37-14(27)13-24(33,38-16(29)21(4,5)6)26(35,40-18(31)23(10,11)12)25(34,19(32)36-13)39-17(30)22(7,8)9/h13-14,19,27,32-35H,1-12H3/t13-,14?,19+,24+,25-,26-/m1/s1. The third kappa shape index (κ3) is 6.92. The van der Waals surface area contributed by atoms with E-state index in [0.717, 1.165) is 0 Å². The van der Waals surface area contributed by atoms with Gasteiger partial charge in [0.1, 0.15) is 0 Å². The fraction of sp³-hybridized carbons (Fsp3) is 0.846. The van der Waals surface area contributed by atoms with Crippen LogP contribution in [0.5, 0.6) is 0 Å². The van der Waals surface area contributed by atoms with E-state index < -0.39 is 81.6 Å². The molecule has 14 nitrogen and oxygen atoms in total. The molecule has 1 heterocycles. The van der Waals surface area contributed by atoms with E-state index in [1.165, 1.54) is 83.1 Å². The van der Waals surface area contributed by atoms with Gasteiger partial charge < -0.3 is 49.2 Å². The molecule has 1 unspecified atom stereocenters. The number of aliphatic hydroxyl groups is 5. The van der Waals surface area contributed by atoms with Gasteiger partial charge in [-0.2, -0.15) is 0 Å². The van der Waals surface area contributed by atoms with Crippen molar-refractivity contribution in [1.82, 2.24) is 0 Å². The maximum absolute atomic E-state index is 13.0. The highest BCUT2D eigenvalue weighted by Gasteiger charge is 2.82. The molecular formula is C26H44O14. The summed E-state index contributed by atoms with van der Waals surface area (Å²) in [7, 11) is 0. The molecule has 5 N–H and O–H groups in total. The molecule has 0 aromatic heterocycles. The van der Waals surface area contributed by atoms with Crippen LogP contribution in [0.2, 0.25) is 0 Å². The molecule has 1 aliphatic rings. The molecular weight excluding hydrogens is 536 g/mol. The molecule has 6 atom stereocenters. The van der Waals surface area contributed by atoms with E-state index in [4.69, 9.17) is 23.7 Å². The highest BCUT2D eigenvalue weighted by atomic mass is 16.8. The summed E-state index contributed by atoms with van der Waals surface area (Å²) in [5.74, 6) is -16.9. The minimum absolute atomic E-state index is 1.07. The number of carbonyl (C=O) groups is 4. The second-order valence-electron chi connectivity index (χ2n) is 13.9. The van der Waals surface area contributed by atoms with Crippen LogP contribution in [0.3, 0.4) is 0 Å². The second kappa shape index (κ2) is 10.8. The van der Waals surface area contributed by atoms with Gasteiger partial charge in [-0.25, -0.2) is 0 Å². The summed E-state index contributed by atoms with van der Waals surface area (Å²) in [4.78, 5) is 51.3. The van der Waals surface area contributed by atoms with E-state index >= 15 is 0 Å². The first-order chi connectivity index (χ1) is 17.4. The number of esters is 4. The quantitative estimate of drug-likeness (QED) is 0.169. The lowest BCUT2D eigenvalue weighted by atomic mass is 9.85. The minimum atomic E-state index is -4.09. The largest absolute Gasteiger partial charge is 0.432 e.